The number of ether oxygens (including phenoxy) is 1. The molecule has 0 aliphatic carbocycles. The third-order valence-corrected chi connectivity index (χ3v) is 5.50. The second-order valence-electron chi connectivity index (χ2n) is 7.74. The highest BCUT2D eigenvalue weighted by Crippen LogP contribution is 2.26. The molecule has 8 heteroatoms. The molecule has 0 radical (unpaired) electrons. The van der Waals surface area contributed by atoms with Crippen molar-refractivity contribution < 1.29 is 9.15 Å². The second kappa shape index (κ2) is 8.25. The van der Waals surface area contributed by atoms with E-state index in [1.807, 2.05) is 72.8 Å². The first kappa shape index (κ1) is 19.8. The van der Waals surface area contributed by atoms with E-state index in [1.54, 1.807) is 0 Å². The zero-order valence-corrected chi connectivity index (χ0v) is 18.0. The number of oxazole rings is 1. The maximum absolute atomic E-state index is 5.97. The monoisotopic (exact) mass is 446 g/mol. The lowest BCUT2D eigenvalue weighted by Crippen LogP contribution is -1.96. The number of pyridine rings is 1. The van der Waals surface area contributed by atoms with Crippen molar-refractivity contribution >= 4 is 27.6 Å². The molecule has 164 valence electrons. The molecular weight excluding hydrogens is 428 g/mol. The van der Waals surface area contributed by atoms with Crippen LogP contribution < -0.4 is 4.74 Å². The van der Waals surface area contributed by atoms with Gasteiger partial charge in [-0.1, -0.05) is 49.0 Å². The van der Waals surface area contributed by atoms with E-state index in [1.165, 1.54) is 0 Å². The van der Waals surface area contributed by atoms with Crippen LogP contribution in [0.2, 0.25) is 0 Å². The van der Waals surface area contributed by atoms with Crippen LogP contribution in [0.5, 0.6) is 5.75 Å². The third kappa shape index (κ3) is 3.77. The normalized spacial score (nSPS) is 11.2. The van der Waals surface area contributed by atoms with E-state index in [0.29, 0.717) is 29.4 Å². The Balaban J connectivity index is 1.15. The zero-order valence-electron chi connectivity index (χ0n) is 18.0. The summed E-state index contributed by atoms with van der Waals surface area (Å²) >= 11 is 0. The molecule has 3 aromatic heterocycles. The number of fused-ring (bicyclic) bond motifs is 2. The molecule has 0 aliphatic rings. The van der Waals surface area contributed by atoms with Crippen LogP contribution in [0.4, 0.5) is 0 Å². The maximum atomic E-state index is 5.97. The molecule has 6 rings (SSSR count). The van der Waals surface area contributed by atoms with E-state index in [4.69, 9.17) is 14.1 Å². The number of rotatable bonds is 6. The van der Waals surface area contributed by atoms with Crippen LogP contribution in [0.1, 0.15) is 16.8 Å². The zero-order chi connectivity index (χ0) is 22.9. The molecule has 0 saturated heterocycles. The Labute approximate surface area is 193 Å². The van der Waals surface area contributed by atoms with E-state index in [2.05, 4.69) is 38.3 Å². The van der Waals surface area contributed by atoms with Gasteiger partial charge < -0.3 is 9.15 Å². The molecule has 0 atom stereocenters. The maximum Gasteiger partial charge on any atom is 0.269 e. The molecule has 0 amide bonds. The minimum Gasteiger partial charge on any atom is -0.489 e. The fourth-order valence-corrected chi connectivity index (χ4v) is 3.71. The van der Waals surface area contributed by atoms with Gasteiger partial charge in [-0.25, -0.2) is 9.97 Å². The lowest BCUT2D eigenvalue weighted by Gasteiger charge is -2.09. The first-order valence-electron chi connectivity index (χ1n) is 10.6. The van der Waals surface area contributed by atoms with Crippen LogP contribution in [-0.4, -0.2) is 30.6 Å². The smallest absolute Gasteiger partial charge is 0.269 e. The van der Waals surface area contributed by atoms with Gasteiger partial charge in [0.2, 0.25) is 0 Å². The van der Waals surface area contributed by atoms with Gasteiger partial charge in [0.1, 0.15) is 17.9 Å². The van der Waals surface area contributed by atoms with E-state index >= 15 is 0 Å². The number of para-hydroxylation sites is 1. The fourth-order valence-electron chi connectivity index (χ4n) is 3.71. The molecule has 0 aliphatic heterocycles. The largest absolute Gasteiger partial charge is 0.489 e. The molecule has 0 fully saturated rings. The highest BCUT2D eigenvalue weighted by atomic mass is 16.5. The predicted octanol–water partition coefficient (Wildman–Crippen LogP) is 5.20. The fraction of sp³-hybridized carbons (Fsp3) is 0.0385. The Kier molecular flexibility index (Phi) is 4.81. The molecule has 0 saturated carbocycles. The molecule has 3 heterocycles. The van der Waals surface area contributed by atoms with Gasteiger partial charge in [-0.15, -0.1) is 10.2 Å². The Morgan fingerprint density at radius 3 is 2.65 bits per heavy atom. The number of benzene rings is 3. The Morgan fingerprint density at radius 2 is 1.79 bits per heavy atom. The van der Waals surface area contributed by atoms with Crippen molar-refractivity contribution in [2.24, 2.45) is 0 Å². The van der Waals surface area contributed by atoms with Crippen molar-refractivity contribution in [3.05, 3.63) is 102 Å². The Morgan fingerprint density at radius 1 is 0.912 bits per heavy atom. The summed E-state index contributed by atoms with van der Waals surface area (Å²) in [4.78, 5) is 9.16. The minimum atomic E-state index is 0.314. The lowest BCUT2D eigenvalue weighted by atomic mass is 10.0. The summed E-state index contributed by atoms with van der Waals surface area (Å²) in [6, 6.07) is 25.7. The number of aromatic amines is 1. The Bertz CT molecular complexity index is 1620. The van der Waals surface area contributed by atoms with Gasteiger partial charge in [0.15, 0.2) is 5.58 Å². The van der Waals surface area contributed by atoms with Crippen molar-refractivity contribution in [3.8, 4) is 17.5 Å². The van der Waals surface area contributed by atoms with Crippen molar-refractivity contribution in [2.45, 2.75) is 6.61 Å². The van der Waals surface area contributed by atoms with Gasteiger partial charge in [0.05, 0.1) is 11.2 Å². The van der Waals surface area contributed by atoms with E-state index in [0.717, 1.165) is 39.0 Å². The SMILES string of the molecule is C=C(c1ccc(OCc2ccc3oc(-c4nn[nH]n4)nc3c2)cc1)c1ccc2ccccc2n1. The van der Waals surface area contributed by atoms with Crippen LogP contribution in [0.25, 0.3) is 39.3 Å². The third-order valence-electron chi connectivity index (χ3n) is 5.50. The number of H-pyrrole nitrogens is 1. The van der Waals surface area contributed by atoms with Gasteiger partial charge in [-0.2, -0.15) is 5.21 Å². The number of aromatic nitrogens is 6. The molecular formula is C26H18N6O2. The summed E-state index contributed by atoms with van der Waals surface area (Å²) in [5, 5.41) is 14.8. The van der Waals surface area contributed by atoms with Gasteiger partial charge in [0.25, 0.3) is 11.7 Å². The quantitative estimate of drug-likeness (QED) is 0.375. The summed E-state index contributed by atoms with van der Waals surface area (Å²) in [5.41, 5.74) is 5.99. The standard InChI is InChI=1S/C26H18N6O2/c1-16(21-12-9-19-4-2-3-5-22(19)27-21)18-7-10-20(11-8-18)33-15-17-6-13-24-23(14-17)28-26(34-24)25-29-31-32-30-25/h2-14H,1,15H2,(H,29,30,31,32). The van der Waals surface area contributed by atoms with Crippen LogP contribution in [0.3, 0.4) is 0 Å². The van der Waals surface area contributed by atoms with Crippen LogP contribution in [0.15, 0.2) is 89.9 Å². The molecule has 1 N–H and O–H groups in total. The predicted molar refractivity (Wildman–Crippen MR) is 128 cm³/mol. The van der Waals surface area contributed by atoms with Crippen molar-refractivity contribution in [2.75, 3.05) is 0 Å². The van der Waals surface area contributed by atoms with Gasteiger partial charge >= 0.3 is 0 Å². The number of nitrogens with one attached hydrogen (secondary N) is 1. The van der Waals surface area contributed by atoms with Crippen LogP contribution in [-0.2, 0) is 6.61 Å². The molecule has 3 aromatic carbocycles. The van der Waals surface area contributed by atoms with Crippen LogP contribution in [0, 0.1) is 0 Å². The summed E-state index contributed by atoms with van der Waals surface area (Å²) in [6.07, 6.45) is 0. The number of hydrogen-bond donors (Lipinski definition) is 1. The average Bonchev–Trinajstić information content (AvgIpc) is 3.57. The van der Waals surface area contributed by atoms with Crippen LogP contribution >= 0.6 is 0 Å². The molecule has 34 heavy (non-hydrogen) atoms. The summed E-state index contributed by atoms with van der Waals surface area (Å²) in [6.45, 7) is 4.64. The minimum absolute atomic E-state index is 0.314. The van der Waals surface area contributed by atoms with Gasteiger partial charge in [-0.3, -0.25) is 0 Å². The summed E-state index contributed by atoms with van der Waals surface area (Å²) < 4.78 is 11.7. The van der Waals surface area contributed by atoms with E-state index in [-0.39, 0.29) is 0 Å². The van der Waals surface area contributed by atoms with Crippen molar-refractivity contribution in [1.82, 2.24) is 30.6 Å². The lowest BCUT2D eigenvalue weighted by molar-refractivity contribution is 0.306. The highest BCUT2D eigenvalue weighted by Gasteiger charge is 2.13. The number of nitrogens with zero attached hydrogens (tertiary/aromatic N) is 5. The topological polar surface area (TPSA) is 103 Å². The number of tetrazole rings is 1. The summed E-state index contributed by atoms with van der Waals surface area (Å²) in [7, 11) is 0. The molecule has 6 aromatic rings. The first-order chi connectivity index (χ1) is 16.7. The Hall–Kier alpha value is -4.85. The van der Waals surface area contributed by atoms with Crippen molar-refractivity contribution in [1.29, 1.82) is 0 Å². The van der Waals surface area contributed by atoms with Gasteiger partial charge in [0, 0.05) is 11.0 Å². The average molecular weight is 446 g/mol. The van der Waals surface area contributed by atoms with Crippen molar-refractivity contribution in [3.63, 3.8) is 0 Å². The van der Waals surface area contributed by atoms with Gasteiger partial charge in [-0.05, 0) is 52.7 Å². The van der Waals surface area contributed by atoms with E-state index < -0.39 is 0 Å². The molecule has 8 nitrogen and oxygen atoms in total. The molecule has 0 spiro atoms. The number of hydrogen-bond acceptors (Lipinski definition) is 7. The summed E-state index contributed by atoms with van der Waals surface area (Å²) in [5.74, 6) is 1.39. The van der Waals surface area contributed by atoms with E-state index in [9.17, 15) is 0 Å². The molecule has 0 unspecified atom stereocenters. The molecule has 0 bridgehead atoms. The highest BCUT2D eigenvalue weighted by molar-refractivity contribution is 5.84. The first-order valence-corrected chi connectivity index (χ1v) is 10.6. The second-order valence-corrected chi connectivity index (χ2v) is 7.74.